The Labute approximate surface area is 243 Å². The smallest absolute Gasteiger partial charge is 0.255 e. The fraction of sp³-hybridized carbons (Fsp3) is 0.182. The fourth-order valence-electron chi connectivity index (χ4n) is 5.13. The number of benzene rings is 4. The van der Waals surface area contributed by atoms with Crippen LogP contribution in [0.3, 0.4) is 0 Å². The standard InChI is InChI=1S/C33H29FN2O5S/c1-35-33(37)31-28-18-27(22-8-9-22)29(19-30(28)41-32(31)23-10-12-24(34)13-11-23)36(42(2,38)39)25-14-16-26(17-15-25)40-20-21-6-4-3-5-7-21/h3-7,10-19,22H,8-9,20H2,1-2H3,(H,35,37). The second kappa shape index (κ2) is 11.0. The molecule has 0 atom stereocenters. The van der Waals surface area contributed by atoms with Crippen LogP contribution in [0.1, 0.15) is 40.2 Å². The van der Waals surface area contributed by atoms with Crippen molar-refractivity contribution in [2.45, 2.75) is 25.4 Å². The molecule has 1 N–H and O–H groups in total. The minimum absolute atomic E-state index is 0.142. The Hall–Kier alpha value is -4.63. The van der Waals surface area contributed by atoms with Crippen LogP contribution in [0.15, 0.2) is 95.4 Å². The van der Waals surface area contributed by atoms with Crippen LogP contribution in [-0.4, -0.2) is 27.6 Å². The van der Waals surface area contributed by atoms with Crippen molar-refractivity contribution in [3.63, 3.8) is 0 Å². The molecule has 0 spiro atoms. The number of carbonyl (C=O) groups is 1. The van der Waals surface area contributed by atoms with Crippen molar-refractivity contribution in [1.82, 2.24) is 5.32 Å². The summed E-state index contributed by atoms with van der Waals surface area (Å²) in [6.07, 6.45) is 2.97. The van der Waals surface area contributed by atoms with Gasteiger partial charge in [-0.15, -0.1) is 0 Å². The predicted molar refractivity (Wildman–Crippen MR) is 161 cm³/mol. The Morgan fingerprint density at radius 3 is 2.31 bits per heavy atom. The molecule has 1 heterocycles. The third kappa shape index (κ3) is 5.47. The number of nitrogens with zero attached hydrogens (tertiary/aromatic N) is 1. The molecule has 0 aliphatic heterocycles. The van der Waals surface area contributed by atoms with E-state index in [4.69, 9.17) is 9.15 Å². The van der Waals surface area contributed by atoms with E-state index in [1.807, 2.05) is 36.4 Å². The van der Waals surface area contributed by atoms with E-state index < -0.39 is 15.8 Å². The minimum Gasteiger partial charge on any atom is -0.489 e. The van der Waals surface area contributed by atoms with Crippen LogP contribution in [0.25, 0.3) is 22.3 Å². The summed E-state index contributed by atoms with van der Waals surface area (Å²) in [6.45, 7) is 0.390. The lowest BCUT2D eigenvalue weighted by Crippen LogP contribution is -2.25. The van der Waals surface area contributed by atoms with E-state index in [9.17, 15) is 17.6 Å². The quantitative estimate of drug-likeness (QED) is 0.199. The molecule has 0 unspecified atom stereocenters. The molecule has 1 fully saturated rings. The van der Waals surface area contributed by atoms with Gasteiger partial charge in [0.2, 0.25) is 10.0 Å². The van der Waals surface area contributed by atoms with E-state index in [0.717, 1.165) is 30.2 Å². The maximum absolute atomic E-state index is 13.7. The minimum atomic E-state index is -3.79. The van der Waals surface area contributed by atoms with Crippen LogP contribution >= 0.6 is 0 Å². The molecule has 0 saturated heterocycles. The first kappa shape index (κ1) is 27.5. The molecular formula is C33H29FN2O5S. The van der Waals surface area contributed by atoms with Gasteiger partial charge < -0.3 is 14.5 Å². The number of rotatable bonds is 9. The molecule has 1 amide bonds. The number of fused-ring (bicyclic) bond motifs is 1. The fourth-order valence-corrected chi connectivity index (χ4v) is 6.15. The summed E-state index contributed by atoms with van der Waals surface area (Å²) >= 11 is 0. The molecule has 1 saturated carbocycles. The molecule has 1 aliphatic carbocycles. The highest BCUT2D eigenvalue weighted by atomic mass is 32.2. The summed E-state index contributed by atoms with van der Waals surface area (Å²) in [4.78, 5) is 13.1. The van der Waals surface area contributed by atoms with E-state index in [1.54, 1.807) is 42.5 Å². The topological polar surface area (TPSA) is 88.8 Å². The number of anilines is 2. The van der Waals surface area contributed by atoms with Crippen molar-refractivity contribution in [3.05, 3.63) is 114 Å². The van der Waals surface area contributed by atoms with E-state index in [-0.39, 0.29) is 17.6 Å². The zero-order valence-electron chi connectivity index (χ0n) is 23.1. The van der Waals surface area contributed by atoms with Crippen molar-refractivity contribution in [2.24, 2.45) is 0 Å². The molecule has 4 aromatic carbocycles. The first-order valence-corrected chi connectivity index (χ1v) is 15.4. The lowest BCUT2D eigenvalue weighted by atomic mass is 10.00. The van der Waals surface area contributed by atoms with E-state index >= 15 is 0 Å². The Morgan fingerprint density at radius 1 is 1.00 bits per heavy atom. The van der Waals surface area contributed by atoms with Crippen LogP contribution in [-0.2, 0) is 16.6 Å². The Balaban J connectivity index is 1.45. The van der Waals surface area contributed by atoms with E-state index in [1.165, 1.54) is 23.5 Å². The maximum Gasteiger partial charge on any atom is 0.255 e. The monoisotopic (exact) mass is 584 g/mol. The van der Waals surface area contributed by atoms with Gasteiger partial charge in [0.25, 0.3) is 5.91 Å². The number of carbonyl (C=O) groups excluding carboxylic acids is 1. The highest BCUT2D eigenvalue weighted by molar-refractivity contribution is 7.92. The average Bonchev–Trinajstić information content (AvgIpc) is 3.77. The van der Waals surface area contributed by atoms with Crippen LogP contribution in [0.4, 0.5) is 15.8 Å². The van der Waals surface area contributed by atoms with Gasteiger partial charge in [-0.1, -0.05) is 30.3 Å². The lowest BCUT2D eigenvalue weighted by molar-refractivity contribution is 0.0964. The number of sulfonamides is 1. The molecule has 6 rings (SSSR count). The maximum atomic E-state index is 13.7. The van der Waals surface area contributed by atoms with Gasteiger partial charge in [-0.3, -0.25) is 4.79 Å². The van der Waals surface area contributed by atoms with Crippen LogP contribution in [0.5, 0.6) is 5.75 Å². The second-order valence-electron chi connectivity index (χ2n) is 10.4. The molecule has 0 radical (unpaired) electrons. The first-order valence-electron chi connectivity index (χ1n) is 13.6. The zero-order chi connectivity index (χ0) is 29.4. The molecule has 5 aromatic rings. The summed E-state index contributed by atoms with van der Waals surface area (Å²) in [5.41, 5.74) is 3.95. The Kier molecular flexibility index (Phi) is 7.20. The summed E-state index contributed by atoms with van der Waals surface area (Å²) in [5.74, 6) is 0.278. The lowest BCUT2D eigenvalue weighted by Gasteiger charge is -2.25. The van der Waals surface area contributed by atoms with Gasteiger partial charge in [-0.05, 0) is 84.5 Å². The van der Waals surface area contributed by atoms with Crippen LogP contribution in [0.2, 0.25) is 0 Å². The van der Waals surface area contributed by atoms with Crippen LogP contribution < -0.4 is 14.4 Å². The Morgan fingerprint density at radius 2 is 1.69 bits per heavy atom. The summed E-state index contributed by atoms with van der Waals surface area (Å²) < 4.78 is 53.7. The number of nitrogens with one attached hydrogen (secondary N) is 1. The summed E-state index contributed by atoms with van der Waals surface area (Å²) in [5, 5.41) is 3.23. The van der Waals surface area contributed by atoms with Gasteiger partial charge in [0.15, 0.2) is 0 Å². The summed E-state index contributed by atoms with van der Waals surface area (Å²) in [7, 11) is -2.26. The number of furan rings is 1. The van der Waals surface area contributed by atoms with Crippen molar-refractivity contribution >= 4 is 38.3 Å². The molecule has 1 aliphatic rings. The third-order valence-corrected chi connectivity index (χ3v) is 8.36. The highest BCUT2D eigenvalue weighted by Gasteiger charge is 2.33. The number of hydrogen-bond donors (Lipinski definition) is 1. The molecule has 214 valence electrons. The van der Waals surface area contributed by atoms with Crippen molar-refractivity contribution < 1.29 is 26.8 Å². The van der Waals surface area contributed by atoms with Gasteiger partial charge in [0, 0.05) is 24.1 Å². The number of amides is 1. The van der Waals surface area contributed by atoms with Gasteiger partial charge in [0.05, 0.1) is 23.2 Å². The molecule has 0 bridgehead atoms. The second-order valence-corrected chi connectivity index (χ2v) is 12.2. The predicted octanol–water partition coefficient (Wildman–Crippen LogP) is 7.15. The van der Waals surface area contributed by atoms with Crippen molar-refractivity contribution in [2.75, 3.05) is 17.6 Å². The first-order chi connectivity index (χ1) is 20.2. The molecular weight excluding hydrogens is 555 g/mol. The normalized spacial score (nSPS) is 13.2. The van der Waals surface area contributed by atoms with Gasteiger partial charge >= 0.3 is 0 Å². The zero-order valence-corrected chi connectivity index (χ0v) is 24.0. The van der Waals surface area contributed by atoms with E-state index in [0.29, 0.717) is 45.8 Å². The number of ether oxygens (including phenoxy) is 1. The van der Waals surface area contributed by atoms with Gasteiger partial charge in [0.1, 0.15) is 29.5 Å². The molecule has 1 aromatic heterocycles. The molecule has 9 heteroatoms. The van der Waals surface area contributed by atoms with Gasteiger partial charge in [-0.2, -0.15) is 0 Å². The largest absolute Gasteiger partial charge is 0.489 e. The number of halogens is 1. The average molecular weight is 585 g/mol. The van der Waals surface area contributed by atoms with E-state index in [2.05, 4.69) is 5.32 Å². The van der Waals surface area contributed by atoms with Crippen LogP contribution in [0, 0.1) is 5.82 Å². The third-order valence-electron chi connectivity index (χ3n) is 7.29. The van der Waals surface area contributed by atoms with Crippen molar-refractivity contribution in [3.8, 4) is 17.1 Å². The van der Waals surface area contributed by atoms with Crippen molar-refractivity contribution in [1.29, 1.82) is 0 Å². The molecule has 42 heavy (non-hydrogen) atoms. The summed E-state index contributed by atoms with van der Waals surface area (Å²) in [6, 6.07) is 25.9. The SMILES string of the molecule is CNC(=O)c1c(-c2ccc(F)cc2)oc2cc(N(c3ccc(OCc4ccccc4)cc3)S(C)(=O)=O)c(C3CC3)cc12. The Bertz CT molecular complexity index is 1860. The number of hydrogen-bond acceptors (Lipinski definition) is 5. The van der Waals surface area contributed by atoms with Gasteiger partial charge in [-0.25, -0.2) is 17.1 Å². The molecule has 7 nitrogen and oxygen atoms in total. The highest BCUT2D eigenvalue weighted by Crippen LogP contribution is 2.49.